The van der Waals surface area contributed by atoms with Crippen LogP contribution in [0.15, 0.2) is 53.0 Å². The van der Waals surface area contributed by atoms with E-state index >= 15 is 0 Å². The largest absolute Gasteiger partial charge is 0.465 e. The molecule has 1 aromatic heterocycles. The first-order valence-electron chi connectivity index (χ1n) is 9.52. The Balaban J connectivity index is 1.83. The summed E-state index contributed by atoms with van der Waals surface area (Å²) in [6.07, 6.45) is 0.284. The van der Waals surface area contributed by atoms with E-state index in [2.05, 4.69) is 5.32 Å². The number of carbonyl (C=O) groups excluding carboxylic acids is 3. The van der Waals surface area contributed by atoms with E-state index in [0.29, 0.717) is 23.3 Å². The number of thiophene rings is 1. The molecule has 29 heavy (non-hydrogen) atoms. The van der Waals surface area contributed by atoms with Gasteiger partial charge in [0.05, 0.1) is 6.61 Å². The molecule has 2 heterocycles. The first-order chi connectivity index (χ1) is 14.0. The molecule has 0 saturated heterocycles. The van der Waals surface area contributed by atoms with Gasteiger partial charge in [0, 0.05) is 34.4 Å². The van der Waals surface area contributed by atoms with Crippen molar-refractivity contribution in [2.24, 2.45) is 5.92 Å². The highest BCUT2D eigenvalue weighted by Gasteiger charge is 2.48. The Hall–Kier alpha value is -2.80. The number of allylic oxidation sites excluding steroid dienone is 2. The Morgan fingerprint density at radius 3 is 2.69 bits per heavy atom. The average molecular weight is 413 g/mol. The highest BCUT2D eigenvalue weighted by Crippen LogP contribution is 2.46. The maximum Gasteiger partial charge on any atom is 0.317 e. The zero-order valence-electron chi connectivity index (χ0n) is 15.8. The van der Waals surface area contributed by atoms with Crippen LogP contribution in [-0.2, 0) is 19.1 Å². The number of carbonyl (C=O) groups is 3. The number of hydrogen-bond donors (Lipinski definition) is 1. The molecule has 1 aromatic carbocycles. The van der Waals surface area contributed by atoms with Gasteiger partial charge in [-0.05, 0) is 36.4 Å². The van der Waals surface area contributed by atoms with Gasteiger partial charge in [-0.1, -0.05) is 24.3 Å². The van der Waals surface area contributed by atoms with Crippen molar-refractivity contribution in [1.29, 1.82) is 0 Å². The lowest BCUT2D eigenvalue weighted by atomic mass is 9.69. The summed E-state index contributed by atoms with van der Waals surface area (Å²) in [7, 11) is 0. The van der Waals surface area contributed by atoms with Crippen LogP contribution in [-0.4, -0.2) is 24.3 Å². The summed E-state index contributed by atoms with van der Waals surface area (Å²) in [6, 6.07) is 9.87. The molecule has 5 nitrogen and oxygen atoms in total. The van der Waals surface area contributed by atoms with E-state index in [1.807, 2.05) is 17.5 Å². The van der Waals surface area contributed by atoms with E-state index in [-0.39, 0.29) is 18.9 Å². The molecule has 0 spiro atoms. The van der Waals surface area contributed by atoms with Crippen LogP contribution in [0.25, 0.3) is 0 Å². The Labute approximate surface area is 171 Å². The predicted octanol–water partition coefficient (Wildman–Crippen LogP) is 3.68. The fourth-order valence-corrected chi connectivity index (χ4v) is 5.11. The van der Waals surface area contributed by atoms with Crippen LogP contribution in [0, 0.1) is 11.7 Å². The predicted molar refractivity (Wildman–Crippen MR) is 106 cm³/mol. The van der Waals surface area contributed by atoms with Crippen LogP contribution in [0.5, 0.6) is 0 Å². The number of Topliss-reactive ketones (excluding diaryl/α,β-unsaturated/α-hetero) is 1. The van der Waals surface area contributed by atoms with Crippen molar-refractivity contribution < 1.29 is 23.5 Å². The Morgan fingerprint density at radius 1 is 1.21 bits per heavy atom. The van der Waals surface area contributed by atoms with Gasteiger partial charge < -0.3 is 10.1 Å². The maximum atomic E-state index is 14.5. The molecule has 1 amide bonds. The molecule has 1 aliphatic heterocycles. The second-order valence-electron chi connectivity index (χ2n) is 7.14. The van der Waals surface area contributed by atoms with Gasteiger partial charge in [-0.3, -0.25) is 14.4 Å². The number of amides is 1. The van der Waals surface area contributed by atoms with Crippen molar-refractivity contribution in [1.82, 2.24) is 5.32 Å². The van der Waals surface area contributed by atoms with Gasteiger partial charge in [-0.15, -0.1) is 11.3 Å². The van der Waals surface area contributed by atoms with E-state index in [4.69, 9.17) is 4.74 Å². The minimum atomic E-state index is -1.00. The summed E-state index contributed by atoms with van der Waals surface area (Å²) in [5.41, 5.74) is 1.10. The van der Waals surface area contributed by atoms with Gasteiger partial charge in [0.25, 0.3) is 0 Å². The van der Waals surface area contributed by atoms with Gasteiger partial charge in [-0.2, -0.15) is 0 Å². The molecule has 3 atom stereocenters. The molecule has 150 valence electrons. The number of hydrogen-bond acceptors (Lipinski definition) is 5. The fourth-order valence-electron chi connectivity index (χ4n) is 4.25. The topological polar surface area (TPSA) is 72.5 Å². The number of ether oxygens (including phenoxy) is 1. The third-order valence-corrected chi connectivity index (χ3v) is 6.46. The van der Waals surface area contributed by atoms with Crippen molar-refractivity contribution in [3.8, 4) is 0 Å². The van der Waals surface area contributed by atoms with Gasteiger partial charge in [0.15, 0.2) is 5.78 Å². The fraction of sp³-hybridized carbons (Fsp3) is 0.318. The van der Waals surface area contributed by atoms with Crippen molar-refractivity contribution in [2.75, 3.05) is 6.61 Å². The Morgan fingerprint density at radius 2 is 2.00 bits per heavy atom. The lowest BCUT2D eigenvalue weighted by Crippen LogP contribution is -2.44. The number of esters is 1. The van der Waals surface area contributed by atoms with Crippen LogP contribution in [0.1, 0.15) is 42.0 Å². The third-order valence-electron chi connectivity index (χ3n) is 5.46. The summed E-state index contributed by atoms with van der Waals surface area (Å²) in [5, 5.41) is 4.68. The Bertz CT molecular complexity index is 998. The molecular formula is C22H20FNO4S. The van der Waals surface area contributed by atoms with Gasteiger partial charge in [0.1, 0.15) is 11.7 Å². The molecule has 1 aliphatic carbocycles. The zero-order chi connectivity index (χ0) is 20.5. The van der Waals surface area contributed by atoms with Crippen LogP contribution < -0.4 is 5.32 Å². The summed E-state index contributed by atoms with van der Waals surface area (Å²) >= 11 is 1.46. The lowest BCUT2D eigenvalue weighted by molar-refractivity contribution is -0.152. The summed E-state index contributed by atoms with van der Waals surface area (Å²) in [5.74, 6) is -3.84. The standard InChI is InChI=1S/C22H20FNO4S/c1-2-28-22(27)20-14(17-8-5-9-29-17)10-16-19(21(20)26)13(11-18(25)24-16)12-6-3-4-7-15(12)23/h3-9,13-14,20H,2,10-11H2,1H3,(H,24,25). The van der Waals surface area contributed by atoms with Gasteiger partial charge in [-0.25, -0.2) is 4.39 Å². The molecule has 2 aromatic rings. The van der Waals surface area contributed by atoms with Crippen molar-refractivity contribution in [2.45, 2.75) is 31.6 Å². The van der Waals surface area contributed by atoms with Gasteiger partial charge in [0.2, 0.25) is 5.91 Å². The molecule has 0 bridgehead atoms. The molecule has 3 unspecified atom stereocenters. The van der Waals surface area contributed by atoms with E-state index in [9.17, 15) is 18.8 Å². The van der Waals surface area contributed by atoms with Crippen LogP contribution in [0.4, 0.5) is 4.39 Å². The zero-order valence-corrected chi connectivity index (χ0v) is 16.6. The second-order valence-corrected chi connectivity index (χ2v) is 8.12. The third kappa shape index (κ3) is 3.51. The van der Waals surface area contributed by atoms with Crippen LogP contribution >= 0.6 is 11.3 Å². The minimum absolute atomic E-state index is 0.0370. The Kier molecular flexibility index (Phi) is 5.32. The van der Waals surface area contributed by atoms with Crippen molar-refractivity contribution >= 4 is 29.0 Å². The molecule has 4 rings (SSSR count). The molecule has 0 saturated carbocycles. The molecule has 2 aliphatic rings. The van der Waals surface area contributed by atoms with Crippen molar-refractivity contribution in [3.63, 3.8) is 0 Å². The SMILES string of the molecule is CCOC(=O)C1C(=O)C2=C(CC1c1cccs1)NC(=O)CC2c1ccccc1F. The number of rotatable bonds is 4. The quantitative estimate of drug-likeness (QED) is 0.613. The first-order valence-corrected chi connectivity index (χ1v) is 10.4. The van der Waals surface area contributed by atoms with Crippen LogP contribution in [0.3, 0.4) is 0 Å². The number of nitrogens with one attached hydrogen (secondary N) is 1. The smallest absolute Gasteiger partial charge is 0.317 e. The average Bonchev–Trinajstić information content (AvgIpc) is 3.22. The first kappa shape index (κ1) is 19.5. The lowest BCUT2D eigenvalue weighted by Gasteiger charge is -2.37. The van der Waals surface area contributed by atoms with E-state index < -0.39 is 35.3 Å². The number of benzene rings is 1. The minimum Gasteiger partial charge on any atom is -0.465 e. The summed E-state index contributed by atoms with van der Waals surface area (Å²) in [4.78, 5) is 39.5. The van der Waals surface area contributed by atoms with Crippen molar-refractivity contribution in [3.05, 3.63) is 69.3 Å². The monoisotopic (exact) mass is 413 g/mol. The molecule has 0 radical (unpaired) electrons. The van der Waals surface area contributed by atoms with E-state index in [0.717, 1.165) is 4.88 Å². The molecular weight excluding hydrogens is 393 g/mol. The summed E-state index contributed by atoms with van der Waals surface area (Å²) < 4.78 is 19.7. The molecule has 7 heteroatoms. The van der Waals surface area contributed by atoms with E-state index in [1.54, 1.807) is 25.1 Å². The summed E-state index contributed by atoms with van der Waals surface area (Å²) in [6.45, 7) is 1.86. The van der Waals surface area contributed by atoms with Gasteiger partial charge >= 0.3 is 5.97 Å². The highest BCUT2D eigenvalue weighted by molar-refractivity contribution is 7.10. The maximum absolute atomic E-state index is 14.5. The second kappa shape index (κ2) is 7.91. The van der Waals surface area contributed by atoms with Crippen LogP contribution in [0.2, 0.25) is 0 Å². The highest BCUT2D eigenvalue weighted by atomic mass is 32.1. The number of halogens is 1. The van der Waals surface area contributed by atoms with E-state index in [1.165, 1.54) is 17.4 Å². The molecule has 0 fully saturated rings. The molecule has 1 N–H and O–H groups in total. The number of ketones is 1. The normalized spacial score (nSPS) is 24.1.